The van der Waals surface area contributed by atoms with Crippen LogP contribution in [-0.2, 0) is 13.0 Å². The number of aromatic amines is 1. The number of ether oxygens (including phenoxy) is 1. The van der Waals surface area contributed by atoms with Gasteiger partial charge in [-0.25, -0.2) is 4.98 Å². The Labute approximate surface area is 200 Å². The number of furan rings is 1. The Morgan fingerprint density at radius 2 is 1.88 bits per heavy atom. The number of rotatable bonds is 9. The molecule has 1 N–H and O–H groups in total. The van der Waals surface area contributed by atoms with E-state index >= 15 is 0 Å². The van der Waals surface area contributed by atoms with Gasteiger partial charge in [0.1, 0.15) is 11.5 Å². The van der Waals surface area contributed by atoms with Crippen molar-refractivity contribution < 1.29 is 9.15 Å². The van der Waals surface area contributed by atoms with Gasteiger partial charge in [0, 0.05) is 29.6 Å². The van der Waals surface area contributed by atoms with Crippen LogP contribution in [0.1, 0.15) is 44.6 Å². The fourth-order valence-electron chi connectivity index (χ4n) is 3.61. The van der Waals surface area contributed by atoms with Gasteiger partial charge in [0.25, 0.3) is 0 Å². The molecule has 0 aliphatic heterocycles. The third-order valence-corrected chi connectivity index (χ3v) is 5.95. The summed E-state index contributed by atoms with van der Waals surface area (Å²) >= 11 is 6.25. The van der Waals surface area contributed by atoms with E-state index < -0.39 is 0 Å². The normalized spacial score (nSPS) is 11.9. The molecule has 4 rings (SSSR count). The summed E-state index contributed by atoms with van der Waals surface area (Å²) in [7, 11) is 2.14. The van der Waals surface area contributed by atoms with E-state index in [0.717, 1.165) is 40.5 Å². The molecule has 2 aromatic carbocycles. The largest absolute Gasteiger partial charge is 0.493 e. The summed E-state index contributed by atoms with van der Waals surface area (Å²) in [5, 5.41) is 0.685. The molecule has 5 nitrogen and oxygen atoms in total. The quantitative estimate of drug-likeness (QED) is 0.291. The van der Waals surface area contributed by atoms with Crippen molar-refractivity contribution in [2.45, 2.75) is 46.7 Å². The Hall–Kier alpha value is -2.76. The maximum absolute atomic E-state index is 6.25. The highest BCUT2D eigenvalue weighted by molar-refractivity contribution is 6.30. The number of H-pyrrole nitrogens is 1. The van der Waals surface area contributed by atoms with Crippen LogP contribution < -0.4 is 4.74 Å². The Kier molecular flexibility index (Phi) is 7.11. The molecule has 0 fully saturated rings. The molecule has 0 aliphatic carbocycles. The summed E-state index contributed by atoms with van der Waals surface area (Å²) < 4.78 is 12.1. The van der Waals surface area contributed by atoms with Gasteiger partial charge < -0.3 is 14.1 Å². The molecule has 6 heteroatoms. The first-order valence-electron chi connectivity index (χ1n) is 11.5. The number of nitrogens with zero attached hydrogens (tertiary/aromatic N) is 2. The molecule has 0 bridgehead atoms. The van der Waals surface area contributed by atoms with E-state index in [1.165, 1.54) is 5.56 Å². The molecule has 174 valence electrons. The molecule has 2 aromatic heterocycles. The van der Waals surface area contributed by atoms with Crippen molar-refractivity contribution in [2.24, 2.45) is 5.92 Å². The monoisotopic (exact) mass is 465 g/mol. The molecule has 0 radical (unpaired) electrons. The highest BCUT2D eigenvalue weighted by Crippen LogP contribution is 2.29. The average Bonchev–Trinajstić information content (AvgIpc) is 3.39. The van der Waals surface area contributed by atoms with Crippen LogP contribution in [0, 0.1) is 5.92 Å². The zero-order chi connectivity index (χ0) is 23.5. The summed E-state index contributed by atoms with van der Waals surface area (Å²) in [5.74, 6) is 3.57. The summed E-state index contributed by atoms with van der Waals surface area (Å²) in [4.78, 5) is 10.5. The number of nitrogens with one attached hydrogen (secondary N) is 1. The molecule has 0 saturated heterocycles. The van der Waals surface area contributed by atoms with Gasteiger partial charge in [-0.3, -0.25) is 4.90 Å². The lowest BCUT2D eigenvalue weighted by molar-refractivity contribution is 0.266. The molecule has 0 spiro atoms. The fourth-order valence-corrected chi connectivity index (χ4v) is 3.81. The maximum Gasteiger partial charge on any atom is 0.174 e. The first-order valence-corrected chi connectivity index (χ1v) is 11.9. The minimum absolute atomic E-state index is 0.447. The van der Waals surface area contributed by atoms with Crippen LogP contribution in [0.25, 0.3) is 22.6 Å². The molecule has 0 atom stereocenters. The smallest absolute Gasteiger partial charge is 0.174 e. The van der Waals surface area contributed by atoms with Crippen molar-refractivity contribution in [3.63, 3.8) is 0 Å². The zero-order valence-electron chi connectivity index (χ0n) is 20.0. The standard InChI is InChI=1S/C27H32ClN3O2/c1-17(2)16-32-25-10-7-21(28)13-20(25)14-22-8-11-26(33-22)27-29-23-9-6-19(12-24(23)30-27)15-31(5)18(3)4/h6-13,17-18H,14-16H2,1-5H3,(H,29,30). The van der Waals surface area contributed by atoms with E-state index in [2.05, 4.69) is 62.8 Å². The lowest BCUT2D eigenvalue weighted by atomic mass is 10.1. The van der Waals surface area contributed by atoms with Crippen LogP contribution in [0.15, 0.2) is 52.9 Å². The van der Waals surface area contributed by atoms with Gasteiger partial charge in [-0.15, -0.1) is 0 Å². The van der Waals surface area contributed by atoms with Crippen LogP contribution in [-0.4, -0.2) is 34.6 Å². The number of halogens is 1. The summed E-state index contributed by atoms with van der Waals surface area (Å²) in [6.45, 7) is 10.2. The molecule has 0 amide bonds. The molecule has 0 aliphatic rings. The second-order valence-electron chi connectivity index (χ2n) is 9.35. The van der Waals surface area contributed by atoms with Gasteiger partial charge in [-0.05, 0) is 74.8 Å². The summed E-state index contributed by atoms with van der Waals surface area (Å²) in [6.07, 6.45) is 0.597. The fraction of sp³-hybridized carbons (Fsp3) is 0.370. The van der Waals surface area contributed by atoms with Gasteiger partial charge in [0.2, 0.25) is 0 Å². The SMILES string of the molecule is CC(C)COc1ccc(Cl)cc1Cc1ccc(-c2nc3ccc(CN(C)C(C)C)cc3[nH]2)o1. The van der Waals surface area contributed by atoms with Gasteiger partial charge in [-0.2, -0.15) is 0 Å². The number of benzene rings is 2. The van der Waals surface area contributed by atoms with E-state index in [0.29, 0.717) is 35.8 Å². The highest BCUT2D eigenvalue weighted by atomic mass is 35.5. The van der Waals surface area contributed by atoms with Gasteiger partial charge in [-0.1, -0.05) is 31.5 Å². The molecule has 33 heavy (non-hydrogen) atoms. The van der Waals surface area contributed by atoms with E-state index in [9.17, 15) is 0 Å². The summed E-state index contributed by atoms with van der Waals surface area (Å²) in [5.41, 5.74) is 4.20. The minimum Gasteiger partial charge on any atom is -0.493 e. The van der Waals surface area contributed by atoms with Crippen molar-refractivity contribution >= 4 is 22.6 Å². The topological polar surface area (TPSA) is 54.3 Å². The van der Waals surface area contributed by atoms with E-state index in [1.54, 1.807) is 0 Å². The molecular weight excluding hydrogens is 434 g/mol. The number of aromatic nitrogens is 2. The Balaban J connectivity index is 1.53. The van der Waals surface area contributed by atoms with E-state index in [-0.39, 0.29) is 0 Å². The average molecular weight is 466 g/mol. The van der Waals surface area contributed by atoms with Crippen LogP contribution in [0.5, 0.6) is 5.75 Å². The first-order chi connectivity index (χ1) is 15.8. The number of hydrogen-bond acceptors (Lipinski definition) is 4. The van der Waals surface area contributed by atoms with Crippen molar-refractivity contribution in [3.8, 4) is 17.3 Å². The predicted molar refractivity (Wildman–Crippen MR) is 135 cm³/mol. The third kappa shape index (κ3) is 5.79. The van der Waals surface area contributed by atoms with Crippen LogP contribution in [0.2, 0.25) is 5.02 Å². The maximum atomic E-state index is 6.25. The second kappa shape index (κ2) is 10.0. The zero-order valence-corrected chi connectivity index (χ0v) is 20.7. The molecule has 0 unspecified atom stereocenters. The van der Waals surface area contributed by atoms with Crippen LogP contribution in [0.4, 0.5) is 0 Å². The lowest BCUT2D eigenvalue weighted by Crippen LogP contribution is -2.25. The number of fused-ring (bicyclic) bond motifs is 1. The summed E-state index contributed by atoms with van der Waals surface area (Å²) in [6, 6.07) is 16.5. The molecular formula is C27H32ClN3O2. The van der Waals surface area contributed by atoms with Gasteiger partial charge in [0.05, 0.1) is 17.6 Å². The first kappa shape index (κ1) is 23.4. The highest BCUT2D eigenvalue weighted by Gasteiger charge is 2.14. The Morgan fingerprint density at radius 1 is 1.06 bits per heavy atom. The Morgan fingerprint density at radius 3 is 2.64 bits per heavy atom. The second-order valence-corrected chi connectivity index (χ2v) is 9.78. The van der Waals surface area contributed by atoms with Crippen molar-refractivity contribution in [1.82, 2.24) is 14.9 Å². The molecule has 0 saturated carbocycles. The van der Waals surface area contributed by atoms with E-state index in [1.807, 2.05) is 30.3 Å². The lowest BCUT2D eigenvalue weighted by Gasteiger charge is -2.20. The number of imidazole rings is 1. The minimum atomic E-state index is 0.447. The molecule has 2 heterocycles. The van der Waals surface area contributed by atoms with Crippen molar-refractivity contribution in [3.05, 3.63) is 70.4 Å². The predicted octanol–water partition coefficient (Wildman–Crippen LogP) is 6.94. The van der Waals surface area contributed by atoms with Gasteiger partial charge in [0.15, 0.2) is 11.6 Å². The third-order valence-electron chi connectivity index (χ3n) is 5.71. The van der Waals surface area contributed by atoms with Crippen molar-refractivity contribution in [2.75, 3.05) is 13.7 Å². The Bertz CT molecular complexity index is 1230. The van der Waals surface area contributed by atoms with Crippen LogP contribution in [0.3, 0.4) is 0 Å². The number of hydrogen-bond donors (Lipinski definition) is 1. The van der Waals surface area contributed by atoms with Gasteiger partial charge >= 0.3 is 0 Å². The molecule has 4 aromatic rings. The van der Waals surface area contributed by atoms with E-state index in [4.69, 9.17) is 25.7 Å². The van der Waals surface area contributed by atoms with Crippen molar-refractivity contribution in [1.29, 1.82) is 0 Å². The van der Waals surface area contributed by atoms with Crippen LogP contribution >= 0.6 is 11.6 Å².